The minimum Gasteiger partial charge on any atom is -0.496 e. The standard InChI is InChI=1S/C16H21NO2/c1-2-9-17-16(15-8-5-10-18-15)13-11-19-14-7-4-3-6-12(13)14/h3-4,6-8,13,16-17H,2,5,9-11H2,1H3. The molecule has 102 valence electrons. The average Bonchev–Trinajstić information content (AvgIpc) is 3.09. The highest BCUT2D eigenvalue weighted by molar-refractivity contribution is 5.42. The Morgan fingerprint density at radius 3 is 3.00 bits per heavy atom. The van der Waals surface area contributed by atoms with Gasteiger partial charge in [-0.1, -0.05) is 25.1 Å². The van der Waals surface area contributed by atoms with E-state index in [1.54, 1.807) is 0 Å². The summed E-state index contributed by atoms with van der Waals surface area (Å²) < 4.78 is 11.6. The molecule has 2 unspecified atom stereocenters. The molecule has 0 spiro atoms. The molecule has 0 fully saturated rings. The van der Waals surface area contributed by atoms with Gasteiger partial charge in [0.05, 0.1) is 19.3 Å². The van der Waals surface area contributed by atoms with Gasteiger partial charge in [0, 0.05) is 17.9 Å². The zero-order chi connectivity index (χ0) is 13.1. The van der Waals surface area contributed by atoms with E-state index in [2.05, 4.69) is 36.5 Å². The molecule has 19 heavy (non-hydrogen) atoms. The van der Waals surface area contributed by atoms with Crippen molar-refractivity contribution >= 4 is 0 Å². The molecule has 1 aromatic carbocycles. The Balaban J connectivity index is 1.84. The number of benzene rings is 1. The van der Waals surface area contributed by atoms with E-state index in [-0.39, 0.29) is 6.04 Å². The molecule has 1 N–H and O–H groups in total. The van der Waals surface area contributed by atoms with Gasteiger partial charge >= 0.3 is 0 Å². The van der Waals surface area contributed by atoms with Crippen molar-refractivity contribution in [3.8, 4) is 5.75 Å². The Hall–Kier alpha value is -1.48. The van der Waals surface area contributed by atoms with E-state index in [4.69, 9.17) is 9.47 Å². The zero-order valence-electron chi connectivity index (χ0n) is 11.4. The van der Waals surface area contributed by atoms with Crippen LogP contribution in [-0.2, 0) is 4.74 Å². The molecule has 0 saturated carbocycles. The van der Waals surface area contributed by atoms with Crippen LogP contribution < -0.4 is 10.1 Å². The summed E-state index contributed by atoms with van der Waals surface area (Å²) in [5, 5.41) is 3.62. The second-order valence-electron chi connectivity index (χ2n) is 5.13. The van der Waals surface area contributed by atoms with Crippen LogP contribution in [0.5, 0.6) is 5.75 Å². The Bertz CT molecular complexity index is 470. The molecule has 0 amide bonds. The van der Waals surface area contributed by atoms with Crippen LogP contribution in [0.2, 0.25) is 0 Å². The Kier molecular flexibility index (Phi) is 3.74. The zero-order valence-corrected chi connectivity index (χ0v) is 11.4. The number of rotatable bonds is 5. The first-order valence-electron chi connectivity index (χ1n) is 7.18. The molecule has 0 saturated heterocycles. The molecule has 2 aliphatic rings. The predicted octanol–water partition coefficient (Wildman–Crippen LogP) is 2.84. The third-order valence-corrected chi connectivity index (χ3v) is 3.79. The normalized spacial score (nSPS) is 22.4. The molecule has 0 aromatic heterocycles. The van der Waals surface area contributed by atoms with E-state index in [0.717, 1.165) is 44.1 Å². The van der Waals surface area contributed by atoms with Gasteiger partial charge in [0.1, 0.15) is 11.5 Å². The van der Waals surface area contributed by atoms with Crippen molar-refractivity contribution < 1.29 is 9.47 Å². The Morgan fingerprint density at radius 2 is 2.21 bits per heavy atom. The van der Waals surface area contributed by atoms with E-state index >= 15 is 0 Å². The number of para-hydroxylation sites is 1. The fourth-order valence-corrected chi connectivity index (χ4v) is 2.86. The van der Waals surface area contributed by atoms with Gasteiger partial charge in [-0.2, -0.15) is 0 Å². The maximum Gasteiger partial charge on any atom is 0.122 e. The van der Waals surface area contributed by atoms with Crippen molar-refractivity contribution in [1.82, 2.24) is 5.32 Å². The van der Waals surface area contributed by atoms with Gasteiger partial charge in [-0.3, -0.25) is 0 Å². The Labute approximate surface area is 114 Å². The molecular formula is C16H21NO2. The molecule has 2 atom stereocenters. The molecule has 1 aromatic rings. The van der Waals surface area contributed by atoms with E-state index < -0.39 is 0 Å². The number of nitrogens with one attached hydrogen (secondary N) is 1. The summed E-state index contributed by atoms with van der Waals surface area (Å²) in [6.07, 6.45) is 4.36. The van der Waals surface area contributed by atoms with E-state index in [1.807, 2.05) is 6.07 Å². The highest BCUT2D eigenvalue weighted by Crippen LogP contribution is 2.38. The third kappa shape index (κ3) is 2.47. The molecule has 3 rings (SSSR count). The van der Waals surface area contributed by atoms with Crippen molar-refractivity contribution in [3.63, 3.8) is 0 Å². The van der Waals surface area contributed by atoms with Gasteiger partial charge in [0.25, 0.3) is 0 Å². The summed E-state index contributed by atoms with van der Waals surface area (Å²) in [6.45, 7) is 4.74. The first kappa shape index (κ1) is 12.5. The smallest absolute Gasteiger partial charge is 0.122 e. The number of hydrogen-bond acceptors (Lipinski definition) is 3. The van der Waals surface area contributed by atoms with Crippen molar-refractivity contribution in [2.45, 2.75) is 31.7 Å². The van der Waals surface area contributed by atoms with E-state index in [0.29, 0.717) is 5.92 Å². The van der Waals surface area contributed by atoms with Crippen LogP contribution in [0.25, 0.3) is 0 Å². The first-order valence-corrected chi connectivity index (χ1v) is 7.18. The van der Waals surface area contributed by atoms with Crippen molar-refractivity contribution in [1.29, 1.82) is 0 Å². The topological polar surface area (TPSA) is 30.5 Å². The van der Waals surface area contributed by atoms with Crippen molar-refractivity contribution in [2.24, 2.45) is 0 Å². The van der Waals surface area contributed by atoms with Gasteiger partial charge in [0.2, 0.25) is 0 Å². The van der Waals surface area contributed by atoms with E-state index in [9.17, 15) is 0 Å². The Morgan fingerprint density at radius 1 is 1.32 bits per heavy atom. The molecule has 0 bridgehead atoms. The van der Waals surface area contributed by atoms with Crippen LogP contribution in [0.3, 0.4) is 0 Å². The molecule has 0 aliphatic carbocycles. The summed E-state index contributed by atoms with van der Waals surface area (Å²) >= 11 is 0. The SMILES string of the molecule is CCCNC(C1=CCCO1)C1COc2ccccc21. The van der Waals surface area contributed by atoms with Crippen LogP contribution >= 0.6 is 0 Å². The lowest BCUT2D eigenvalue weighted by molar-refractivity contribution is 0.196. The molecule has 3 nitrogen and oxygen atoms in total. The minimum absolute atomic E-state index is 0.242. The molecule has 0 radical (unpaired) electrons. The molecule has 2 heterocycles. The maximum absolute atomic E-state index is 5.81. The molecular weight excluding hydrogens is 238 g/mol. The van der Waals surface area contributed by atoms with Crippen LogP contribution in [0.4, 0.5) is 0 Å². The molecule has 3 heteroatoms. The maximum atomic E-state index is 5.81. The summed E-state index contributed by atoms with van der Waals surface area (Å²) in [5.41, 5.74) is 1.30. The number of fused-ring (bicyclic) bond motifs is 1. The largest absolute Gasteiger partial charge is 0.496 e. The van der Waals surface area contributed by atoms with Crippen LogP contribution in [0.1, 0.15) is 31.2 Å². The summed E-state index contributed by atoms with van der Waals surface area (Å²) in [6, 6.07) is 8.58. The average molecular weight is 259 g/mol. The van der Waals surface area contributed by atoms with Crippen LogP contribution in [0.15, 0.2) is 36.1 Å². The second kappa shape index (κ2) is 5.66. The fourth-order valence-electron chi connectivity index (χ4n) is 2.86. The third-order valence-electron chi connectivity index (χ3n) is 3.79. The van der Waals surface area contributed by atoms with Gasteiger partial charge < -0.3 is 14.8 Å². The quantitative estimate of drug-likeness (QED) is 0.882. The number of hydrogen-bond donors (Lipinski definition) is 1. The number of ether oxygens (including phenoxy) is 2. The predicted molar refractivity (Wildman–Crippen MR) is 75.4 cm³/mol. The second-order valence-corrected chi connectivity index (χ2v) is 5.13. The summed E-state index contributed by atoms with van der Waals surface area (Å²) in [5.74, 6) is 2.47. The van der Waals surface area contributed by atoms with Crippen LogP contribution in [0, 0.1) is 0 Å². The lowest BCUT2D eigenvalue weighted by atomic mass is 9.91. The highest BCUT2D eigenvalue weighted by atomic mass is 16.5. The van der Waals surface area contributed by atoms with Crippen molar-refractivity contribution in [2.75, 3.05) is 19.8 Å². The van der Waals surface area contributed by atoms with Crippen LogP contribution in [-0.4, -0.2) is 25.8 Å². The lowest BCUT2D eigenvalue weighted by Crippen LogP contribution is -2.38. The van der Waals surface area contributed by atoms with Crippen molar-refractivity contribution in [3.05, 3.63) is 41.7 Å². The summed E-state index contributed by atoms with van der Waals surface area (Å²) in [7, 11) is 0. The molecule has 2 aliphatic heterocycles. The lowest BCUT2D eigenvalue weighted by Gasteiger charge is -2.25. The van der Waals surface area contributed by atoms with E-state index in [1.165, 1.54) is 5.56 Å². The monoisotopic (exact) mass is 259 g/mol. The minimum atomic E-state index is 0.242. The highest BCUT2D eigenvalue weighted by Gasteiger charge is 2.34. The summed E-state index contributed by atoms with van der Waals surface area (Å²) in [4.78, 5) is 0. The van der Waals surface area contributed by atoms with Gasteiger partial charge in [-0.15, -0.1) is 0 Å². The van der Waals surface area contributed by atoms with Gasteiger partial charge in [-0.05, 0) is 25.1 Å². The fraction of sp³-hybridized carbons (Fsp3) is 0.500. The van der Waals surface area contributed by atoms with Gasteiger partial charge in [-0.25, -0.2) is 0 Å². The van der Waals surface area contributed by atoms with Gasteiger partial charge in [0.15, 0.2) is 0 Å². The first-order chi connectivity index (χ1) is 9.40.